The first-order chi connectivity index (χ1) is 11.6. The molecular formula is C20H18ClNO2. The van der Waals surface area contributed by atoms with E-state index in [4.69, 9.17) is 16.7 Å². The number of benzene rings is 2. The molecule has 0 radical (unpaired) electrons. The van der Waals surface area contributed by atoms with Crippen molar-refractivity contribution in [1.29, 1.82) is 0 Å². The van der Waals surface area contributed by atoms with Crippen molar-refractivity contribution in [3.05, 3.63) is 75.8 Å². The lowest BCUT2D eigenvalue weighted by molar-refractivity contribution is 0.0697. The average Bonchev–Trinajstić information content (AvgIpc) is 3.07. The summed E-state index contributed by atoms with van der Waals surface area (Å²) in [4.78, 5) is 11.1. The molecule has 3 atom stereocenters. The molecule has 0 saturated carbocycles. The van der Waals surface area contributed by atoms with E-state index >= 15 is 0 Å². The SMILES string of the molecule is Cc1c(Cl)ccc2c1N[C@@H](c1ccc(C(=O)O)cc1)[C@@H]1CC=C[C@H]21. The molecule has 0 spiro atoms. The molecule has 2 N–H and O–H groups in total. The number of aromatic carboxylic acids is 1. The number of anilines is 1. The molecule has 3 nitrogen and oxygen atoms in total. The number of carboxylic acid groups (broad SMARTS) is 1. The van der Waals surface area contributed by atoms with E-state index in [2.05, 4.69) is 23.5 Å². The van der Waals surface area contributed by atoms with Crippen LogP contribution < -0.4 is 5.32 Å². The van der Waals surface area contributed by atoms with E-state index in [0.717, 1.165) is 28.3 Å². The Labute approximate surface area is 146 Å². The second-order valence-electron chi connectivity index (χ2n) is 6.54. The molecule has 1 aliphatic heterocycles. The Kier molecular flexibility index (Phi) is 3.61. The van der Waals surface area contributed by atoms with Gasteiger partial charge in [-0.25, -0.2) is 4.79 Å². The second-order valence-corrected chi connectivity index (χ2v) is 6.95. The van der Waals surface area contributed by atoms with Gasteiger partial charge in [0.1, 0.15) is 0 Å². The molecule has 4 rings (SSSR count). The summed E-state index contributed by atoms with van der Waals surface area (Å²) in [6, 6.07) is 11.4. The zero-order valence-electron chi connectivity index (χ0n) is 13.3. The number of halogens is 1. The van der Waals surface area contributed by atoms with Crippen LogP contribution in [0.15, 0.2) is 48.6 Å². The molecule has 2 aromatic rings. The van der Waals surface area contributed by atoms with Crippen LogP contribution in [0.4, 0.5) is 5.69 Å². The first-order valence-corrected chi connectivity index (χ1v) is 8.49. The number of nitrogens with one attached hydrogen (secondary N) is 1. The van der Waals surface area contributed by atoms with E-state index in [-0.39, 0.29) is 6.04 Å². The number of hydrogen-bond donors (Lipinski definition) is 2. The molecule has 122 valence electrons. The van der Waals surface area contributed by atoms with E-state index in [1.165, 1.54) is 5.56 Å². The van der Waals surface area contributed by atoms with Gasteiger partial charge in [-0.05, 0) is 54.2 Å². The van der Waals surface area contributed by atoms with Gasteiger partial charge in [0.05, 0.1) is 11.6 Å². The van der Waals surface area contributed by atoms with Gasteiger partial charge in [-0.3, -0.25) is 0 Å². The van der Waals surface area contributed by atoms with E-state index in [9.17, 15) is 4.79 Å². The van der Waals surface area contributed by atoms with Crippen molar-refractivity contribution in [2.75, 3.05) is 5.32 Å². The van der Waals surface area contributed by atoms with Crippen LogP contribution in [-0.4, -0.2) is 11.1 Å². The molecule has 2 aromatic carbocycles. The van der Waals surface area contributed by atoms with Crippen LogP contribution in [0, 0.1) is 12.8 Å². The van der Waals surface area contributed by atoms with Gasteiger partial charge in [0, 0.05) is 16.6 Å². The summed E-state index contributed by atoms with van der Waals surface area (Å²) in [5.74, 6) is -0.0818. The maximum Gasteiger partial charge on any atom is 0.335 e. The van der Waals surface area contributed by atoms with Gasteiger partial charge in [-0.2, -0.15) is 0 Å². The third-order valence-electron chi connectivity index (χ3n) is 5.25. The number of fused-ring (bicyclic) bond motifs is 3. The summed E-state index contributed by atoms with van der Waals surface area (Å²) < 4.78 is 0. The summed E-state index contributed by atoms with van der Waals surface area (Å²) in [6.45, 7) is 2.04. The highest BCUT2D eigenvalue weighted by Crippen LogP contribution is 2.51. The van der Waals surface area contributed by atoms with Crippen molar-refractivity contribution in [3.63, 3.8) is 0 Å². The van der Waals surface area contributed by atoms with Crippen molar-refractivity contribution in [3.8, 4) is 0 Å². The number of carboxylic acids is 1. The third-order valence-corrected chi connectivity index (χ3v) is 5.66. The van der Waals surface area contributed by atoms with E-state index in [0.29, 0.717) is 17.4 Å². The topological polar surface area (TPSA) is 49.3 Å². The molecule has 2 aliphatic rings. The molecule has 1 aliphatic carbocycles. The van der Waals surface area contributed by atoms with Crippen LogP contribution in [0.25, 0.3) is 0 Å². The smallest absolute Gasteiger partial charge is 0.335 e. The molecule has 0 aromatic heterocycles. The Hall–Kier alpha value is -2.26. The lowest BCUT2D eigenvalue weighted by atomic mass is 9.76. The summed E-state index contributed by atoms with van der Waals surface area (Å²) in [5.41, 5.74) is 4.91. The predicted molar refractivity (Wildman–Crippen MR) is 95.9 cm³/mol. The van der Waals surface area contributed by atoms with Gasteiger partial charge in [-0.1, -0.05) is 42.0 Å². The van der Waals surface area contributed by atoms with Crippen molar-refractivity contribution in [2.24, 2.45) is 5.92 Å². The van der Waals surface area contributed by atoms with E-state index in [1.807, 2.05) is 25.1 Å². The second kappa shape index (κ2) is 5.67. The number of hydrogen-bond acceptors (Lipinski definition) is 2. The van der Waals surface area contributed by atoms with Crippen LogP contribution in [0.5, 0.6) is 0 Å². The van der Waals surface area contributed by atoms with Gasteiger partial charge < -0.3 is 10.4 Å². The fraction of sp³-hybridized carbons (Fsp3) is 0.250. The van der Waals surface area contributed by atoms with Gasteiger partial charge in [0.2, 0.25) is 0 Å². The number of allylic oxidation sites excluding steroid dienone is 2. The molecule has 1 heterocycles. The Bertz CT molecular complexity index is 841. The quantitative estimate of drug-likeness (QED) is 0.742. The van der Waals surface area contributed by atoms with Gasteiger partial charge in [0.15, 0.2) is 0 Å². The largest absolute Gasteiger partial charge is 0.478 e. The van der Waals surface area contributed by atoms with Crippen LogP contribution in [0.2, 0.25) is 5.02 Å². The number of carbonyl (C=O) groups is 1. The Morgan fingerprint density at radius 1 is 1.21 bits per heavy atom. The van der Waals surface area contributed by atoms with Gasteiger partial charge in [0.25, 0.3) is 0 Å². The monoisotopic (exact) mass is 339 g/mol. The molecular weight excluding hydrogens is 322 g/mol. The third kappa shape index (κ3) is 2.31. The molecule has 24 heavy (non-hydrogen) atoms. The molecule has 0 amide bonds. The molecule has 0 bridgehead atoms. The van der Waals surface area contributed by atoms with Crippen LogP contribution in [-0.2, 0) is 0 Å². The van der Waals surface area contributed by atoms with Crippen molar-refractivity contribution in [1.82, 2.24) is 0 Å². The van der Waals surface area contributed by atoms with Crippen molar-refractivity contribution >= 4 is 23.3 Å². The Morgan fingerprint density at radius 3 is 2.67 bits per heavy atom. The highest BCUT2D eigenvalue weighted by molar-refractivity contribution is 6.31. The summed E-state index contributed by atoms with van der Waals surface area (Å²) >= 11 is 6.31. The molecule has 4 heteroatoms. The highest BCUT2D eigenvalue weighted by Gasteiger charge is 2.38. The normalized spacial score (nSPS) is 24.2. The van der Waals surface area contributed by atoms with Crippen molar-refractivity contribution in [2.45, 2.75) is 25.3 Å². The minimum Gasteiger partial charge on any atom is -0.478 e. The van der Waals surface area contributed by atoms with E-state index < -0.39 is 5.97 Å². The van der Waals surface area contributed by atoms with E-state index in [1.54, 1.807) is 12.1 Å². The van der Waals surface area contributed by atoms with Crippen molar-refractivity contribution < 1.29 is 9.90 Å². The highest BCUT2D eigenvalue weighted by atomic mass is 35.5. The molecule has 0 unspecified atom stereocenters. The lowest BCUT2D eigenvalue weighted by Gasteiger charge is -2.38. The lowest BCUT2D eigenvalue weighted by Crippen LogP contribution is -2.29. The minimum atomic E-state index is -0.897. The van der Waals surface area contributed by atoms with Crippen LogP contribution >= 0.6 is 11.6 Å². The first kappa shape index (κ1) is 15.3. The standard InChI is InChI=1S/C20H18ClNO2/c1-11-17(21)10-9-16-14-3-2-4-15(14)19(22-18(11)16)12-5-7-13(8-6-12)20(23)24/h2-3,5-10,14-15,19,22H,4H2,1H3,(H,23,24)/t14-,15+,19-/m0/s1. The Morgan fingerprint density at radius 2 is 1.96 bits per heavy atom. The molecule has 0 fully saturated rings. The number of rotatable bonds is 2. The summed E-state index contributed by atoms with van der Waals surface area (Å²) in [6.07, 6.45) is 5.55. The maximum atomic E-state index is 11.1. The zero-order valence-corrected chi connectivity index (χ0v) is 14.0. The van der Waals surface area contributed by atoms with Gasteiger partial charge >= 0.3 is 5.97 Å². The maximum absolute atomic E-state index is 11.1. The first-order valence-electron chi connectivity index (χ1n) is 8.11. The fourth-order valence-electron chi connectivity index (χ4n) is 3.95. The Balaban J connectivity index is 1.77. The molecule has 0 saturated heterocycles. The average molecular weight is 340 g/mol. The fourth-order valence-corrected chi connectivity index (χ4v) is 4.11. The summed E-state index contributed by atoms with van der Waals surface area (Å²) in [7, 11) is 0. The van der Waals surface area contributed by atoms with Crippen LogP contribution in [0.1, 0.15) is 45.4 Å². The van der Waals surface area contributed by atoms with Gasteiger partial charge in [-0.15, -0.1) is 0 Å². The van der Waals surface area contributed by atoms with Crippen LogP contribution in [0.3, 0.4) is 0 Å². The zero-order chi connectivity index (χ0) is 16.8. The minimum absolute atomic E-state index is 0.150. The predicted octanol–water partition coefficient (Wildman–Crippen LogP) is 5.17. The summed E-state index contributed by atoms with van der Waals surface area (Å²) in [5, 5.41) is 13.5.